The lowest BCUT2D eigenvalue weighted by Gasteiger charge is -2.43. The monoisotopic (exact) mass is 172 g/mol. The molecule has 0 fully saturated rings. The summed E-state index contributed by atoms with van der Waals surface area (Å²) < 4.78 is 0. The molecule has 0 bridgehead atoms. The lowest BCUT2D eigenvalue weighted by atomic mass is 9.99. The maximum absolute atomic E-state index is 5.74. The summed E-state index contributed by atoms with van der Waals surface area (Å²) in [6, 6.07) is 1.12. The maximum atomic E-state index is 5.74. The van der Waals surface area contributed by atoms with Crippen LogP contribution in [0, 0.1) is 0 Å². The lowest BCUT2D eigenvalue weighted by Crippen LogP contribution is -2.55. The molecule has 74 valence electrons. The molecule has 2 heteroatoms. The van der Waals surface area contributed by atoms with Crippen molar-refractivity contribution < 1.29 is 0 Å². The van der Waals surface area contributed by atoms with E-state index in [0.717, 1.165) is 0 Å². The second kappa shape index (κ2) is 4.24. The molecule has 2 N–H and O–H groups in total. The molecule has 0 aliphatic carbocycles. The Morgan fingerprint density at radius 3 is 1.50 bits per heavy atom. The first kappa shape index (κ1) is 11.9. The van der Waals surface area contributed by atoms with E-state index in [1.54, 1.807) is 0 Å². The van der Waals surface area contributed by atoms with Gasteiger partial charge >= 0.3 is 0 Å². The van der Waals surface area contributed by atoms with Crippen LogP contribution in [-0.4, -0.2) is 29.1 Å². The van der Waals surface area contributed by atoms with Crippen LogP contribution in [0.3, 0.4) is 0 Å². The van der Waals surface area contributed by atoms with Gasteiger partial charge in [-0.05, 0) is 41.5 Å². The molecule has 0 saturated carbocycles. The van der Waals surface area contributed by atoms with Crippen molar-refractivity contribution in [2.45, 2.75) is 59.2 Å². The minimum atomic E-state index is 0.113. The lowest BCUT2D eigenvalue weighted by molar-refractivity contribution is 0.0569. The van der Waals surface area contributed by atoms with Gasteiger partial charge in [-0.3, -0.25) is 4.90 Å². The Hall–Kier alpha value is -0.0800. The van der Waals surface area contributed by atoms with Crippen molar-refractivity contribution in [3.05, 3.63) is 0 Å². The molecule has 12 heavy (non-hydrogen) atoms. The Morgan fingerprint density at radius 2 is 1.42 bits per heavy atom. The smallest absolute Gasteiger partial charge is 0.0280 e. The van der Waals surface area contributed by atoms with Gasteiger partial charge in [0.25, 0.3) is 0 Å². The fourth-order valence-corrected chi connectivity index (χ4v) is 2.10. The van der Waals surface area contributed by atoms with Gasteiger partial charge in [-0.1, -0.05) is 0 Å². The molecule has 0 atom stereocenters. The van der Waals surface area contributed by atoms with Crippen LogP contribution in [0.25, 0.3) is 0 Å². The summed E-state index contributed by atoms with van der Waals surface area (Å²) >= 11 is 0. The highest BCUT2D eigenvalue weighted by atomic mass is 15.2. The zero-order chi connectivity index (χ0) is 9.94. The Kier molecular flexibility index (Phi) is 4.21. The molecule has 0 spiro atoms. The third-order valence-corrected chi connectivity index (χ3v) is 2.31. The highest BCUT2D eigenvalue weighted by molar-refractivity contribution is 4.86. The van der Waals surface area contributed by atoms with Crippen molar-refractivity contribution in [3.63, 3.8) is 0 Å². The normalized spacial score (nSPS) is 13.5. The maximum Gasteiger partial charge on any atom is 0.0280 e. The first-order valence-electron chi connectivity index (χ1n) is 4.81. The molecular weight excluding hydrogens is 148 g/mol. The van der Waals surface area contributed by atoms with E-state index >= 15 is 0 Å². The second-order valence-corrected chi connectivity index (χ2v) is 4.61. The second-order valence-electron chi connectivity index (χ2n) is 4.61. The third kappa shape index (κ3) is 2.76. The predicted molar refractivity (Wildman–Crippen MR) is 55.2 cm³/mol. The van der Waals surface area contributed by atoms with Crippen molar-refractivity contribution in [2.24, 2.45) is 5.73 Å². The van der Waals surface area contributed by atoms with Crippen molar-refractivity contribution >= 4 is 0 Å². The Morgan fingerprint density at radius 1 is 1.08 bits per heavy atom. The molecule has 0 aromatic heterocycles. The van der Waals surface area contributed by atoms with Gasteiger partial charge in [0.1, 0.15) is 0 Å². The summed E-state index contributed by atoms with van der Waals surface area (Å²) in [6.07, 6.45) is 0. The van der Waals surface area contributed by atoms with E-state index in [2.05, 4.69) is 46.4 Å². The minimum absolute atomic E-state index is 0.113. The summed E-state index contributed by atoms with van der Waals surface area (Å²) in [4.78, 5) is 2.45. The van der Waals surface area contributed by atoms with Gasteiger partial charge in [0.2, 0.25) is 0 Å². The quantitative estimate of drug-likeness (QED) is 0.701. The van der Waals surface area contributed by atoms with Crippen LogP contribution in [0.15, 0.2) is 0 Å². The van der Waals surface area contributed by atoms with Crippen LogP contribution in [0.2, 0.25) is 0 Å². The number of nitrogens with zero attached hydrogens (tertiary/aromatic N) is 1. The molecule has 0 saturated heterocycles. The Balaban J connectivity index is 4.50. The van der Waals surface area contributed by atoms with Gasteiger partial charge in [-0.2, -0.15) is 0 Å². The van der Waals surface area contributed by atoms with E-state index in [1.165, 1.54) is 0 Å². The largest absolute Gasteiger partial charge is 0.329 e. The van der Waals surface area contributed by atoms with Gasteiger partial charge in [0, 0.05) is 24.2 Å². The Bertz CT molecular complexity index is 120. The summed E-state index contributed by atoms with van der Waals surface area (Å²) in [5.41, 5.74) is 5.85. The fraction of sp³-hybridized carbons (Fsp3) is 1.00. The number of nitrogens with two attached hydrogens (primary N) is 1. The molecule has 0 heterocycles. The van der Waals surface area contributed by atoms with Crippen molar-refractivity contribution in [2.75, 3.05) is 6.54 Å². The number of hydrogen-bond acceptors (Lipinski definition) is 2. The summed E-state index contributed by atoms with van der Waals surface area (Å²) in [7, 11) is 0. The van der Waals surface area contributed by atoms with E-state index in [9.17, 15) is 0 Å². The zero-order valence-corrected chi connectivity index (χ0v) is 9.39. The Labute approximate surface area is 77.1 Å². The average Bonchev–Trinajstić information content (AvgIpc) is 1.84. The standard InChI is InChI=1S/C10H24N2/c1-8(2)12(9(3)4)10(5,6)7-11/h8-9H,7,11H2,1-6H3. The average molecular weight is 172 g/mol. The summed E-state index contributed by atoms with van der Waals surface area (Å²) in [5, 5.41) is 0. The highest BCUT2D eigenvalue weighted by Gasteiger charge is 2.29. The van der Waals surface area contributed by atoms with Crippen LogP contribution in [0.5, 0.6) is 0 Å². The molecule has 0 aliphatic heterocycles. The molecule has 0 aromatic rings. The SMILES string of the molecule is CC(C)N(C(C)C)C(C)(C)CN. The van der Waals surface area contributed by atoms with Crippen LogP contribution in [-0.2, 0) is 0 Å². The summed E-state index contributed by atoms with van der Waals surface area (Å²) in [6.45, 7) is 14.0. The van der Waals surface area contributed by atoms with E-state index in [4.69, 9.17) is 5.73 Å². The van der Waals surface area contributed by atoms with Crippen LogP contribution in [0.4, 0.5) is 0 Å². The number of rotatable bonds is 4. The van der Waals surface area contributed by atoms with Gasteiger partial charge in [0.05, 0.1) is 0 Å². The van der Waals surface area contributed by atoms with Crippen molar-refractivity contribution in [3.8, 4) is 0 Å². The van der Waals surface area contributed by atoms with Crippen molar-refractivity contribution in [1.29, 1.82) is 0 Å². The van der Waals surface area contributed by atoms with E-state index in [0.29, 0.717) is 18.6 Å². The zero-order valence-electron chi connectivity index (χ0n) is 9.39. The van der Waals surface area contributed by atoms with E-state index in [1.807, 2.05) is 0 Å². The first-order valence-corrected chi connectivity index (χ1v) is 4.81. The fourth-order valence-electron chi connectivity index (χ4n) is 2.10. The molecule has 0 unspecified atom stereocenters. The molecular formula is C10H24N2. The molecule has 2 nitrogen and oxygen atoms in total. The third-order valence-electron chi connectivity index (χ3n) is 2.31. The topological polar surface area (TPSA) is 29.3 Å². The van der Waals surface area contributed by atoms with Gasteiger partial charge < -0.3 is 5.73 Å². The van der Waals surface area contributed by atoms with Crippen molar-refractivity contribution in [1.82, 2.24) is 4.90 Å². The summed E-state index contributed by atoms with van der Waals surface area (Å²) in [5.74, 6) is 0. The minimum Gasteiger partial charge on any atom is -0.329 e. The molecule has 0 amide bonds. The first-order chi connectivity index (χ1) is 5.33. The highest BCUT2D eigenvalue weighted by Crippen LogP contribution is 2.19. The molecule has 0 aliphatic rings. The van der Waals surface area contributed by atoms with Crippen LogP contribution < -0.4 is 5.73 Å². The van der Waals surface area contributed by atoms with Gasteiger partial charge in [-0.25, -0.2) is 0 Å². The van der Waals surface area contributed by atoms with Crippen LogP contribution >= 0.6 is 0 Å². The molecule has 0 rings (SSSR count). The molecule has 0 aromatic carbocycles. The van der Waals surface area contributed by atoms with E-state index < -0.39 is 0 Å². The van der Waals surface area contributed by atoms with Crippen LogP contribution in [0.1, 0.15) is 41.5 Å². The number of hydrogen-bond donors (Lipinski definition) is 1. The van der Waals surface area contributed by atoms with Gasteiger partial charge in [-0.15, -0.1) is 0 Å². The molecule has 0 radical (unpaired) electrons. The van der Waals surface area contributed by atoms with E-state index in [-0.39, 0.29) is 5.54 Å². The van der Waals surface area contributed by atoms with Gasteiger partial charge in [0.15, 0.2) is 0 Å². The predicted octanol–water partition coefficient (Wildman–Crippen LogP) is 1.84.